The van der Waals surface area contributed by atoms with E-state index in [1.165, 1.54) is 0 Å². The van der Waals surface area contributed by atoms with Crippen LogP contribution in [0.2, 0.25) is 0 Å². The number of morpholine rings is 1. The predicted octanol–water partition coefficient (Wildman–Crippen LogP) is 0.297. The minimum absolute atomic E-state index is 0.302. The number of aromatic nitrogens is 2. The summed E-state index contributed by atoms with van der Waals surface area (Å²) in [5.74, 6) is 1.74. The maximum Gasteiger partial charge on any atom is 0.242 e. The summed E-state index contributed by atoms with van der Waals surface area (Å²) in [5, 5.41) is 3.23. The normalized spacial score (nSPS) is 18.9. The summed E-state index contributed by atoms with van der Waals surface area (Å²) in [4.78, 5) is 22.2. The number of carbonyl (C=O) groups is 1. The number of hydrogen-bond acceptors (Lipinski definition) is 6. The number of carbonyl (C=O) groups excluding carboxylic acids is 1. The van der Waals surface area contributed by atoms with Crippen molar-refractivity contribution in [3.8, 4) is 0 Å². The van der Waals surface area contributed by atoms with Crippen LogP contribution in [0.25, 0.3) is 0 Å². The van der Waals surface area contributed by atoms with Crippen molar-refractivity contribution < 1.29 is 9.53 Å². The van der Waals surface area contributed by atoms with Gasteiger partial charge in [-0.1, -0.05) is 6.92 Å². The predicted molar refractivity (Wildman–Crippen MR) is 76.7 cm³/mol. The van der Waals surface area contributed by atoms with Crippen molar-refractivity contribution in [2.45, 2.75) is 26.3 Å². The second kappa shape index (κ2) is 6.51. The standard InChI is InChI=1S/C13H21N5O2/c1-3-4-15-11-7-12(17-9(2)16-11)18-5-6-20-8-10(18)13(14)19/h7,10H,3-6,8H2,1-2H3,(H2,14,19)(H,15,16,17). The van der Waals surface area contributed by atoms with Crippen molar-refractivity contribution in [2.75, 3.05) is 36.5 Å². The molecule has 20 heavy (non-hydrogen) atoms. The highest BCUT2D eigenvalue weighted by Gasteiger charge is 2.29. The van der Waals surface area contributed by atoms with Crippen LogP contribution in [0.4, 0.5) is 11.6 Å². The van der Waals surface area contributed by atoms with Gasteiger partial charge in [-0.3, -0.25) is 4.79 Å². The van der Waals surface area contributed by atoms with Crippen LogP contribution in [0.5, 0.6) is 0 Å². The van der Waals surface area contributed by atoms with Crippen molar-refractivity contribution in [1.82, 2.24) is 9.97 Å². The smallest absolute Gasteiger partial charge is 0.242 e. The fourth-order valence-electron chi connectivity index (χ4n) is 2.16. The summed E-state index contributed by atoms with van der Waals surface area (Å²) in [6, 6.07) is 1.38. The number of rotatable bonds is 5. The van der Waals surface area contributed by atoms with Gasteiger partial charge in [0.1, 0.15) is 23.5 Å². The maximum atomic E-state index is 11.5. The van der Waals surface area contributed by atoms with E-state index in [-0.39, 0.29) is 0 Å². The quantitative estimate of drug-likeness (QED) is 0.805. The van der Waals surface area contributed by atoms with Gasteiger partial charge in [0.15, 0.2) is 0 Å². The van der Waals surface area contributed by atoms with Crippen LogP contribution in [0, 0.1) is 6.92 Å². The van der Waals surface area contributed by atoms with Crippen molar-refractivity contribution in [1.29, 1.82) is 0 Å². The first-order valence-corrected chi connectivity index (χ1v) is 6.85. The Labute approximate surface area is 118 Å². The second-order valence-electron chi connectivity index (χ2n) is 4.77. The van der Waals surface area contributed by atoms with Gasteiger partial charge in [-0.15, -0.1) is 0 Å². The zero-order valence-corrected chi connectivity index (χ0v) is 11.9. The van der Waals surface area contributed by atoms with E-state index in [0.717, 1.165) is 18.8 Å². The van der Waals surface area contributed by atoms with E-state index in [1.54, 1.807) is 0 Å². The third-order valence-corrected chi connectivity index (χ3v) is 3.13. The van der Waals surface area contributed by atoms with Gasteiger partial charge < -0.3 is 20.7 Å². The Bertz CT molecular complexity index is 480. The lowest BCUT2D eigenvalue weighted by Crippen LogP contribution is -2.53. The van der Waals surface area contributed by atoms with E-state index < -0.39 is 11.9 Å². The molecule has 0 aromatic carbocycles. The molecule has 1 aromatic heterocycles. The van der Waals surface area contributed by atoms with E-state index in [2.05, 4.69) is 22.2 Å². The summed E-state index contributed by atoms with van der Waals surface area (Å²) in [5.41, 5.74) is 5.43. The molecule has 1 aromatic rings. The molecule has 1 atom stereocenters. The number of aryl methyl sites for hydroxylation is 1. The van der Waals surface area contributed by atoms with Gasteiger partial charge >= 0.3 is 0 Å². The summed E-state index contributed by atoms with van der Waals surface area (Å²) >= 11 is 0. The highest BCUT2D eigenvalue weighted by Crippen LogP contribution is 2.20. The van der Waals surface area contributed by atoms with E-state index in [4.69, 9.17) is 10.5 Å². The van der Waals surface area contributed by atoms with E-state index in [1.807, 2.05) is 17.9 Å². The van der Waals surface area contributed by atoms with Gasteiger partial charge in [-0.05, 0) is 13.3 Å². The molecule has 0 spiro atoms. The molecule has 110 valence electrons. The largest absolute Gasteiger partial charge is 0.377 e. The van der Waals surface area contributed by atoms with Crippen LogP contribution in [0.3, 0.4) is 0 Å². The first kappa shape index (κ1) is 14.5. The average molecular weight is 279 g/mol. The van der Waals surface area contributed by atoms with Crippen LogP contribution >= 0.6 is 0 Å². The minimum atomic E-state index is -0.475. The average Bonchev–Trinajstić information content (AvgIpc) is 2.44. The van der Waals surface area contributed by atoms with Crippen LogP contribution in [0.1, 0.15) is 19.2 Å². The van der Waals surface area contributed by atoms with Crippen molar-refractivity contribution in [3.05, 3.63) is 11.9 Å². The summed E-state index contributed by atoms with van der Waals surface area (Å²) in [6.45, 7) is 6.23. The molecule has 1 aliphatic rings. The van der Waals surface area contributed by atoms with Crippen molar-refractivity contribution in [3.63, 3.8) is 0 Å². The number of amides is 1. The molecule has 2 heterocycles. The Kier molecular flexibility index (Phi) is 4.73. The fraction of sp³-hybridized carbons (Fsp3) is 0.615. The monoisotopic (exact) mass is 279 g/mol. The summed E-state index contributed by atoms with van der Waals surface area (Å²) in [6.07, 6.45) is 1.01. The van der Waals surface area contributed by atoms with Crippen molar-refractivity contribution in [2.24, 2.45) is 5.73 Å². The minimum Gasteiger partial charge on any atom is -0.377 e. The highest BCUT2D eigenvalue weighted by molar-refractivity contribution is 5.83. The van der Waals surface area contributed by atoms with Crippen LogP contribution in [-0.4, -0.2) is 48.2 Å². The van der Waals surface area contributed by atoms with Gasteiger partial charge in [0.2, 0.25) is 5.91 Å². The zero-order valence-electron chi connectivity index (χ0n) is 11.9. The molecular formula is C13H21N5O2. The fourth-order valence-corrected chi connectivity index (χ4v) is 2.16. The maximum absolute atomic E-state index is 11.5. The Morgan fingerprint density at radius 1 is 1.60 bits per heavy atom. The molecule has 7 heteroatoms. The number of nitrogens with zero attached hydrogens (tertiary/aromatic N) is 3. The first-order valence-electron chi connectivity index (χ1n) is 6.85. The van der Waals surface area contributed by atoms with Crippen LogP contribution in [-0.2, 0) is 9.53 Å². The van der Waals surface area contributed by atoms with E-state index in [0.29, 0.717) is 31.4 Å². The summed E-state index contributed by atoms with van der Waals surface area (Å²) in [7, 11) is 0. The van der Waals surface area contributed by atoms with Gasteiger partial charge in [-0.2, -0.15) is 0 Å². The molecular weight excluding hydrogens is 258 g/mol. The molecule has 0 saturated carbocycles. The molecule has 3 N–H and O–H groups in total. The van der Waals surface area contributed by atoms with Gasteiger partial charge in [0.25, 0.3) is 0 Å². The van der Waals surface area contributed by atoms with E-state index in [9.17, 15) is 4.79 Å². The number of ether oxygens (including phenoxy) is 1. The zero-order chi connectivity index (χ0) is 14.5. The topological polar surface area (TPSA) is 93.4 Å². The van der Waals surface area contributed by atoms with Gasteiger partial charge in [-0.25, -0.2) is 9.97 Å². The van der Waals surface area contributed by atoms with E-state index >= 15 is 0 Å². The Balaban J connectivity index is 2.25. The molecule has 1 unspecified atom stereocenters. The highest BCUT2D eigenvalue weighted by atomic mass is 16.5. The first-order chi connectivity index (χ1) is 9.61. The molecule has 1 saturated heterocycles. The lowest BCUT2D eigenvalue weighted by atomic mass is 10.2. The summed E-state index contributed by atoms with van der Waals surface area (Å²) < 4.78 is 5.32. The van der Waals surface area contributed by atoms with Crippen LogP contribution in [0.15, 0.2) is 6.07 Å². The Morgan fingerprint density at radius 3 is 3.10 bits per heavy atom. The van der Waals surface area contributed by atoms with Gasteiger partial charge in [0, 0.05) is 19.2 Å². The molecule has 1 aliphatic heterocycles. The molecule has 1 amide bonds. The Morgan fingerprint density at radius 2 is 2.40 bits per heavy atom. The molecule has 7 nitrogen and oxygen atoms in total. The Hall–Kier alpha value is -1.89. The molecule has 2 rings (SSSR count). The molecule has 0 aliphatic carbocycles. The molecule has 0 bridgehead atoms. The number of primary amides is 1. The second-order valence-corrected chi connectivity index (χ2v) is 4.77. The number of nitrogens with two attached hydrogens (primary N) is 1. The number of anilines is 2. The third-order valence-electron chi connectivity index (χ3n) is 3.13. The van der Waals surface area contributed by atoms with Crippen molar-refractivity contribution >= 4 is 17.5 Å². The SMILES string of the molecule is CCCNc1cc(N2CCOCC2C(N)=O)nc(C)n1. The number of nitrogens with one attached hydrogen (secondary N) is 1. The lowest BCUT2D eigenvalue weighted by Gasteiger charge is -2.34. The third kappa shape index (κ3) is 3.36. The molecule has 1 fully saturated rings. The van der Waals surface area contributed by atoms with Gasteiger partial charge in [0.05, 0.1) is 13.2 Å². The number of hydrogen-bond donors (Lipinski definition) is 2. The molecule has 0 radical (unpaired) electrons. The lowest BCUT2D eigenvalue weighted by molar-refractivity contribution is -0.121. The van der Waals surface area contributed by atoms with Crippen LogP contribution < -0.4 is 16.0 Å².